The van der Waals surface area contributed by atoms with Crippen LogP contribution in [-0.2, 0) is 24.9 Å². The van der Waals surface area contributed by atoms with Gasteiger partial charge in [-0.2, -0.15) is 0 Å². The highest BCUT2D eigenvalue weighted by Crippen LogP contribution is 2.37. The van der Waals surface area contributed by atoms with Crippen molar-refractivity contribution in [1.29, 1.82) is 0 Å². The Kier molecular flexibility index (Phi) is 7.60. The average molecular weight is 389 g/mol. The first-order chi connectivity index (χ1) is 13.0. The molecule has 0 saturated carbocycles. The number of esters is 1. The summed E-state index contributed by atoms with van der Waals surface area (Å²) >= 11 is 6.01. The molecule has 0 heterocycles. The number of benzene rings is 2. The molecule has 0 amide bonds. The third-order valence-corrected chi connectivity index (χ3v) is 4.93. The largest absolute Gasteiger partial charge is 0.466 e. The molecule has 4 nitrogen and oxygen atoms in total. The van der Waals surface area contributed by atoms with Gasteiger partial charge in [0.2, 0.25) is 0 Å². The monoisotopic (exact) mass is 388 g/mol. The lowest BCUT2D eigenvalue weighted by Crippen LogP contribution is -2.30. The predicted octanol–water partition coefficient (Wildman–Crippen LogP) is 5.77. The van der Waals surface area contributed by atoms with Crippen molar-refractivity contribution in [1.82, 2.24) is 0 Å². The van der Waals surface area contributed by atoms with E-state index >= 15 is 0 Å². The summed E-state index contributed by atoms with van der Waals surface area (Å²) in [5.41, 5.74) is 1.20. The fourth-order valence-corrected chi connectivity index (χ4v) is 3.02. The molecule has 0 spiro atoms. The van der Waals surface area contributed by atoms with E-state index in [9.17, 15) is 4.79 Å². The van der Waals surface area contributed by atoms with E-state index in [2.05, 4.69) is 6.58 Å². The van der Waals surface area contributed by atoms with Crippen LogP contribution in [0, 0.1) is 0 Å². The first-order valence-electron chi connectivity index (χ1n) is 8.90. The molecule has 2 aromatic rings. The van der Waals surface area contributed by atoms with Gasteiger partial charge in [0.05, 0.1) is 12.7 Å². The zero-order valence-electron chi connectivity index (χ0n) is 15.9. The predicted molar refractivity (Wildman–Crippen MR) is 106 cm³/mol. The van der Waals surface area contributed by atoms with Gasteiger partial charge >= 0.3 is 5.97 Å². The van der Waals surface area contributed by atoms with Gasteiger partial charge in [0.1, 0.15) is 11.7 Å². The lowest BCUT2D eigenvalue weighted by molar-refractivity contribution is -0.388. The molecular weight excluding hydrogens is 364 g/mol. The van der Waals surface area contributed by atoms with E-state index in [0.29, 0.717) is 17.9 Å². The Morgan fingerprint density at radius 2 is 1.67 bits per heavy atom. The highest BCUT2D eigenvalue weighted by atomic mass is 35.5. The molecule has 0 aliphatic rings. The van der Waals surface area contributed by atoms with Gasteiger partial charge in [-0.1, -0.05) is 74.5 Å². The molecule has 144 valence electrons. The summed E-state index contributed by atoms with van der Waals surface area (Å²) in [5.74, 6) is -0.544. The van der Waals surface area contributed by atoms with Gasteiger partial charge in [0, 0.05) is 5.02 Å². The van der Waals surface area contributed by atoms with Gasteiger partial charge in [-0.05, 0) is 36.1 Å². The second kappa shape index (κ2) is 9.70. The van der Waals surface area contributed by atoms with Gasteiger partial charge < -0.3 is 4.74 Å². The number of carbonyl (C=O) groups is 1. The third-order valence-electron chi connectivity index (χ3n) is 4.68. The number of hydrogen-bond donors (Lipinski definition) is 0. The van der Waals surface area contributed by atoms with Gasteiger partial charge in [-0.15, -0.1) is 0 Å². The van der Waals surface area contributed by atoms with Crippen LogP contribution in [0.4, 0.5) is 0 Å². The van der Waals surface area contributed by atoms with E-state index in [-0.39, 0.29) is 5.57 Å². The molecule has 0 fully saturated rings. The first kappa shape index (κ1) is 21.2. The van der Waals surface area contributed by atoms with Crippen molar-refractivity contribution in [3.05, 3.63) is 82.9 Å². The summed E-state index contributed by atoms with van der Waals surface area (Å²) in [6.45, 7) is 7.89. The molecule has 0 bridgehead atoms. The molecule has 2 rings (SSSR count). The summed E-state index contributed by atoms with van der Waals surface area (Å²) in [7, 11) is 1.31. The molecule has 0 radical (unpaired) electrons. The lowest BCUT2D eigenvalue weighted by Gasteiger charge is -2.32. The van der Waals surface area contributed by atoms with Crippen molar-refractivity contribution in [3.63, 3.8) is 0 Å². The maximum Gasteiger partial charge on any atom is 0.336 e. The molecule has 2 aromatic carbocycles. The summed E-state index contributed by atoms with van der Waals surface area (Å²) in [6.07, 6.45) is 0.581. The Balaban J connectivity index is 2.31. The minimum atomic E-state index is -0.775. The average Bonchev–Trinajstić information content (AvgIpc) is 2.72. The van der Waals surface area contributed by atoms with Crippen LogP contribution in [0.3, 0.4) is 0 Å². The first-order valence-corrected chi connectivity index (χ1v) is 9.27. The van der Waals surface area contributed by atoms with E-state index in [1.54, 1.807) is 0 Å². The molecule has 5 heteroatoms. The highest BCUT2D eigenvalue weighted by molar-refractivity contribution is 6.30. The summed E-state index contributed by atoms with van der Waals surface area (Å²) in [5, 5.41) is 0.655. The lowest BCUT2D eigenvalue weighted by atomic mass is 9.89. The van der Waals surface area contributed by atoms with Crippen LogP contribution in [0.25, 0.3) is 0 Å². The van der Waals surface area contributed by atoms with Crippen LogP contribution >= 0.6 is 11.6 Å². The Hall–Kier alpha value is -2.14. The molecule has 1 atom stereocenters. The molecule has 0 N–H and O–H groups in total. The molecule has 27 heavy (non-hydrogen) atoms. The molecular formula is C22H25ClO4. The van der Waals surface area contributed by atoms with Crippen LogP contribution in [0.5, 0.6) is 0 Å². The van der Waals surface area contributed by atoms with Gasteiger partial charge in [-0.25, -0.2) is 14.6 Å². The summed E-state index contributed by atoms with van der Waals surface area (Å²) < 4.78 is 4.81. The SMILES string of the molecule is C=C(C(=O)OC)[C@@H](OOC(CC)(CC)c1ccc(Cl)cc1)c1ccccc1. The topological polar surface area (TPSA) is 44.8 Å². The number of hydrogen-bond acceptors (Lipinski definition) is 4. The van der Waals surface area contributed by atoms with Crippen molar-refractivity contribution in [2.45, 2.75) is 38.4 Å². The number of halogens is 1. The highest BCUT2D eigenvalue weighted by Gasteiger charge is 2.34. The Morgan fingerprint density at radius 1 is 1.07 bits per heavy atom. The quantitative estimate of drug-likeness (QED) is 0.236. The van der Waals surface area contributed by atoms with Crippen LogP contribution in [0.1, 0.15) is 43.9 Å². The maximum atomic E-state index is 12.0. The number of carbonyl (C=O) groups excluding carboxylic acids is 1. The Labute approximate surface area is 165 Å². The van der Waals surface area contributed by atoms with Crippen LogP contribution in [0.2, 0.25) is 5.02 Å². The van der Waals surface area contributed by atoms with E-state index in [1.165, 1.54) is 7.11 Å². The Bertz CT molecular complexity index is 752. The van der Waals surface area contributed by atoms with Crippen LogP contribution in [0.15, 0.2) is 66.7 Å². The van der Waals surface area contributed by atoms with Crippen molar-refractivity contribution < 1.29 is 19.3 Å². The van der Waals surface area contributed by atoms with E-state index < -0.39 is 17.7 Å². The fraction of sp³-hybridized carbons (Fsp3) is 0.318. The van der Waals surface area contributed by atoms with E-state index in [1.807, 2.05) is 68.4 Å². The number of rotatable bonds is 9. The standard InChI is InChI=1S/C22H25ClO4/c1-5-22(6-2,18-12-14-19(23)15-13-18)27-26-20(16(3)21(24)25-4)17-10-8-7-9-11-17/h7-15,20H,3,5-6H2,1-2,4H3/t20-/m1/s1. The second-order valence-electron chi connectivity index (χ2n) is 6.20. The minimum Gasteiger partial charge on any atom is -0.466 e. The summed E-state index contributed by atoms with van der Waals surface area (Å²) in [4.78, 5) is 23.8. The van der Waals surface area contributed by atoms with Gasteiger partial charge in [0.25, 0.3) is 0 Å². The number of methoxy groups -OCH3 is 1. The fourth-order valence-electron chi connectivity index (χ4n) is 2.90. The zero-order valence-corrected chi connectivity index (χ0v) is 16.7. The van der Waals surface area contributed by atoms with Gasteiger partial charge in [-0.3, -0.25) is 0 Å². The molecule has 0 aliphatic carbocycles. The molecule has 0 unspecified atom stereocenters. The van der Waals surface area contributed by atoms with E-state index in [4.69, 9.17) is 26.1 Å². The molecule has 0 aliphatic heterocycles. The normalized spacial score (nSPS) is 12.4. The zero-order chi connectivity index (χ0) is 19.9. The number of ether oxygens (including phenoxy) is 1. The van der Waals surface area contributed by atoms with Crippen molar-refractivity contribution in [2.75, 3.05) is 7.11 Å². The summed E-state index contributed by atoms with van der Waals surface area (Å²) in [6, 6.07) is 16.8. The Morgan fingerprint density at radius 3 is 2.19 bits per heavy atom. The van der Waals surface area contributed by atoms with E-state index in [0.717, 1.165) is 11.1 Å². The smallest absolute Gasteiger partial charge is 0.336 e. The third kappa shape index (κ3) is 4.98. The van der Waals surface area contributed by atoms with Crippen molar-refractivity contribution >= 4 is 17.6 Å². The van der Waals surface area contributed by atoms with Crippen molar-refractivity contribution in [3.8, 4) is 0 Å². The maximum absolute atomic E-state index is 12.0. The van der Waals surface area contributed by atoms with Gasteiger partial charge in [0.15, 0.2) is 0 Å². The minimum absolute atomic E-state index is 0.168. The van der Waals surface area contributed by atoms with Crippen LogP contribution < -0.4 is 0 Å². The second-order valence-corrected chi connectivity index (χ2v) is 6.63. The molecule has 0 saturated heterocycles. The van der Waals surface area contributed by atoms with Crippen molar-refractivity contribution in [2.24, 2.45) is 0 Å². The van der Waals surface area contributed by atoms with Crippen LogP contribution in [-0.4, -0.2) is 13.1 Å². The molecule has 0 aromatic heterocycles.